The molecule has 1 fully saturated rings. The van der Waals surface area contributed by atoms with Crippen molar-refractivity contribution in [3.05, 3.63) is 0 Å². The fourth-order valence-corrected chi connectivity index (χ4v) is 2.41. The second-order valence-electron chi connectivity index (χ2n) is 5.48. The molecule has 1 aliphatic rings. The number of carboxylic acids is 1. The second kappa shape index (κ2) is 8.64. The van der Waals surface area contributed by atoms with Gasteiger partial charge in [0.05, 0.1) is 17.8 Å². The van der Waals surface area contributed by atoms with E-state index in [-0.39, 0.29) is 25.1 Å². The molecule has 0 spiro atoms. The highest BCUT2D eigenvalue weighted by Gasteiger charge is 2.36. The molecular formula is C15H24O6. The molecule has 0 aliphatic heterocycles. The topological polar surface area (TPSA) is 89.9 Å². The minimum absolute atomic E-state index is 0.0133. The van der Waals surface area contributed by atoms with Crippen molar-refractivity contribution >= 4 is 17.9 Å². The first-order chi connectivity index (χ1) is 9.97. The molecule has 3 unspecified atom stereocenters. The number of rotatable bonds is 7. The van der Waals surface area contributed by atoms with E-state index in [0.717, 1.165) is 12.8 Å². The Morgan fingerprint density at radius 3 is 2.24 bits per heavy atom. The maximum absolute atomic E-state index is 11.9. The summed E-state index contributed by atoms with van der Waals surface area (Å²) in [4.78, 5) is 34.5. The smallest absolute Gasteiger partial charge is 0.309 e. The van der Waals surface area contributed by atoms with Crippen molar-refractivity contribution in [1.29, 1.82) is 0 Å². The average Bonchev–Trinajstić information content (AvgIpc) is 2.50. The van der Waals surface area contributed by atoms with Crippen molar-refractivity contribution in [2.75, 3.05) is 13.2 Å². The van der Waals surface area contributed by atoms with Gasteiger partial charge in [0.25, 0.3) is 0 Å². The molecule has 0 saturated heterocycles. The van der Waals surface area contributed by atoms with Gasteiger partial charge in [0.2, 0.25) is 0 Å². The van der Waals surface area contributed by atoms with Crippen LogP contribution in [0.3, 0.4) is 0 Å². The highest BCUT2D eigenvalue weighted by atomic mass is 16.6. The molecule has 120 valence electrons. The van der Waals surface area contributed by atoms with Crippen molar-refractivity contribution in [1.82, 2.24) is 0 Å². The second-order valence-corrected chi connectivity index (χ2v) is 5.48. The molecular weight excluding hydrogens is 276 g/mol. The molecule has 0 aromatic rings. The van der Waals surface area contributed by atoms with Crippen LogP contribution < -0.4 is 0 Å². The van der Waals surface area contributed by atoms with Gasteiger partial charge in [-0.2, -0.15) is 0 Å². The lowest BCUT2D eigenvalue weighted by Gasteiger charge is -2.26. The summed E-state index contributed by atoms with van der Waals surface area (Å²) in [5.41, 5.74) is 0. The fraction of sp³-hybridized carbons (Fsp3) is 0.800. The molecule has 3 atom stereocenters. The molecule has 0 aromatic heterocycles. The first-order valence-corrected chi connectivity index (χ1v) is 7.53. The number of hydrogen-bond acceptors (Lipinski definition) is 5. The third-order valence-corrected chi connectivity index (χ3v) is 3.97. The Kier molecular flexibility index (Phi) is 7.19. The van der Waals surface area contributed by atoms with E-state index < -0.39 is 23.8 Å². The van der Waals surface area contributed by atoms with E-state index >= 15 is 0 Å². The Labute approximate surface area is 124 Å². The molecule has 1 rings (SSSR count). The van der Waals surface area contributed by atoms with E-state index in [4.69, 9.17) is 14.6 Å². The molecule has 0 radical (unpaired) electrons. The van der Waals surface area contributed by atoms with E-state index in [0.29, 0.717) is 19.3 Å². The first-order valence-electron chi connectivity index (χ1n) is 7.53. The van der Waals surface area contributed by atoms with E-state index in [1.807, 2.05) is 6.92 Å². The van der Waals surface area contributed by atoms with Gasteiger partial charge in [-0.15, -0.1) is 0 Å². The summed E-state index contributed by atoms with van der Waals surface area (Å²) in [6.07, 6.45) is 3.42. The van der Waals surface area contributed by atoms with Gasteiger partial charge in [-0.25, -0.2) is 0 Å². The SMILES string of the molecule is CCC(C)C(=O)OCCOC(=O)C1CCCCC1C(=O)O. The average molecular weight is 300 g/mol. The Morgan fingerprint density at radius 1 is 1.10 bits per heavy atom. The zero-order valence-electron chi connectivity index (χ0n) is 12.7. The van der Waals surface area contributed by atoms with E-state index in [1.165, 1.54) is 0 Å². The molecule has 0 bridgehead atoms. The predicted molar refractivity (Wildman–Crippen MR) is 74.5 cm³/mol. The Balaban J connectivity index is 2.32. The molecule has 6 heteroatoms. The normalized spacial score (nSPS) is 23.1. The van der Waals surface area contributed by atoms with Gasteiger partial charge in [-0.1, -0.05) is 26.7 Å². The molecule has 1 N–H and O–H groups in total. The van der Waals surface area contributed by atoms with Crippen LogP contribution in [0, 0.1) is 17.8 Å². The van der Waals surface area contributed by atoms with Gasteiger partial charge >= 0.3 is 17.9 Å². The number of carbonyl (C=O) groups is 3. The van der Waals surface area contributed by atoms with Crippen LogP contribution in [0.15, 0.2) is 0 Å². The molecule has 21 heavy (non-hydrogen) atoms. The van der Waals surface area contributed by atoms with Crippen LogP contribution in [-0.4, -0.2) is 36.2 Å². The van der Waals surface area contributed by atoms with Crippen molar-refractivity contribution in [2.24, 2.45) is 17.8 Å². The lowest BCUT2D eigenvalue weighted by molar-refractivity contribution is -0.163. The number of hydrogen-bond donors (Lipinski definition) is 1. The summed E-state index contributed by atoms with van der Waals surface area (Å²) in [6.45, 7) is 3.65. The predicted octanol–water partition coefficient (Wildman–Crippen LogP) is 2.01. The van der Waals surface area contributed by atoms with Crippen LogP contribution in [0.2, 0.25) is 0 Å². The summed E-state index contributed by atoms with van der Waals surface area (Å²) in [6, 6.07) is 0. The number of aliphatic carboxylic acids is 1. The van der Waals surface area contributed by atoms with Gasteiger partial charge in [-0.05, 0) is 19.3 Å². The quantitative estimate of drug-likeness (QED) is 0.571. The van der Waals surface area contributed by atoms with E-state index in [2.05, 4.69) is 0 Å². The third kappa shape index (κ3) is 5.36. The molecule has 0 aromatic carbocycles. The standard InChI is InChI=1S/C15H24O6/c1-3-10(2)14(18)20-8-9-21-15(19)12-7-5-4-6-11(12)13(16)17/h10-12H,3-9H2,1-2H3,(H,16,17). The number of carbonyl (C=O) groups excluding carboxylic acids is 2. The molecule has 6 nitrogen and oxygen atoms in total. The van der Waals surface area contributed by atoms with Gasteiger partial charge in [-0.3, -0.25) is 14.4 Å². The Hall–Kier alpha value is -1.59. The number of ether oxygens (including phenoxy) is 2. The van der Waals surface area contributed by atoms with Crippen LogP contribution in [0.4, 0.5) is 0 Å². The lowest BCUT2D eigenvalue weighted by atomic mass is 9.79. The molecule has 0 heterocycles. The Morgan fingerprint density at radius 2 is 1.67 bits per heavy atom. The maximum Gasteiger partial charge on any atom is 0.309 e. The van der Waals surface area contributed by atoms with Gasteiger partial charge in [0.15, 0.2) is 0 Å². The zero-order valence-corrected chi connectivity index (χ0v) is 12.7. The minimum Gasteiger partial charge on any atom is -0.481 e. The van der Waals surface area contributed by atoms with Crippen LogP contribution in [0.25, 0.3) is 0 Å². The monoisotopic (exact) mass is 300 g/mol. The summed E-state index contributed by atoms with van der Waals surface area (Å²) in [5, 5.41) is 9.11. The summed E-state index contributed by atoms with van der Waals surface area (Å²) >= 11 is 0. The summed E-state index contributed by atoms with van der Waals surface area (Å²) < 4.78 is 10.0. The van der Waals surface area contributed by atoms with Crippen LogP contribution >= 0.6 is 0 Å². The van der Waals surface area contributed by atoms with Crippen LogP contribution in [0.1, 0.15) is 46.0 Å². The highest BCUT2D eigenvalue weighted by Crippen LogP contribution is 2.31. The van der Waals surface area contributed by atoms with E-state index in [9.17, 15) is 14.4 Å². The van der Waals surface area contributed by atoms with Crippen LogP contribution in [-0.2, 0) is 23.9 Å². The van der Waals surface area contributed by atoms with Crippen LogP contribution in [0.5, 0.6) is 0 Å². The zero-order chi connectivity index (χ0) is 15.8. The number of carboxylic acid groups (broad SMARTS) is 1. The highest BCUT2D eigenvalue weighted by molar-refractivity contribution is 5.81. The van der Waals surface area contributed by atoms with Gasteiger partial charge in [0, 0.05) is 0 Å². The van der Waals surface area contributed by atoms with Gasteiger partial charge < -0.3 is 14.6 Å². The first kappa shape index (κ1) is 17.5. The molecule has 1 saturated carbocycles. The van der Waals surface area contributed by atoms with Crippen molar-refractivity contribution < 1.29 is 29.0 Å². The summed E-state index contributed by atoms with van der Waals surface area (Å²) in [7, 11) is 0. The lowest BCUT2D eigenvalue weighted by Crippen LogP contribution is -2.34. The van der Waals surface area contributed by atoms with Crippen molar-refractivity contribution in [3.63, 3.8) is 0 Å². The van der Waals surface area contributed by atoms with Crippen molar-refractivity contribution in [3.8, 4) is 0 Å². The largest absolute Gasteiger partial charge is 0.481 e. The fourth-order valence-electron chi connectivity index (χ4n) is 2.41. The molecule has 0 amide bonds. The number of esters is 2. The minimum atomic E-state index is -0.945. The van der Waals surface area contributed by atoms with Crippen molar-refractivity contribution in [2.45, 2.75) is 46.0 Å². The Bertz CT molecular complexity index is 378. The maximum atomic E-state index is 11.9. The van der Waals surface area contributed by atoms with E-state index in [1.54, 1.807) is 6.92 Å². The summed E-state index contributed by atoms with van der Waals surface area (Å²) in [5.74, 6) is -3.16. The van der Waals surface area contributed by atoms with Gasteiger partial charge in [0.1, 0.15) is 13.2 Å². The molecule has 1 aliphatic carbocycles. The third-order valence-electron chi connectivity index (χ3n) is 3.97.